The number of aromatic nitrogens is 1. The van der Waals surface area contributed by atoms with E-state index in [0.29, 0.717) is 42.3 Å². The molecule has 1 fully saturated rings. The maximum absolute atomic E-state index is 13.3. The Hall–Kier alpha value is -2.77. The normalized spacial score (nSPS) is 15.8. The fourth-order valence-electron chi connectivity index (χ4n) is 3.95. The van der Waals surface area contributed by atoms with Crippen LogP contribution in [-0.4, -0.2) is 59.1 Å². The third-order valence-electron chi connectivity index (χ3n) is 5.65. The topological polar surface area (TPSA) is 62.7 Å². The Kier molecular flexibility index (Phi) is 8.21. The maximum Gasteiger partial charge on any atom is 0.409 e. The molecule has 0 bridgehead atoms. The van der Waals surface area contributed by atoms with E-state index in [2.05, 4.69) is 0 Å². The zero-order valence-corrected chi connectivity index (χ0v) is 20.5. The summed E-state index contributed by atoms with van der Waals surface area (Å²) in [5.74, 6) is -0.0796. The average Bonchev–Trinajstić information content (AvgIpc) is 2.82. The van der Waals surface area contributed by atoms with Gasteiger partial charge in [0.05, 0.1) is 22.8 Å². The lowest BCUT2D eigenvalue weighted by atomic mass is 10.1. The number of amides is 2. The van der Waals surface area contributed by atoms with Crippen LogP contribution in [-0.2, 0) is 4.74 Å². The minimum Gasteiger partial charge on any atom is -0.449 e. The Balaban J connectivity index is 0.00000306. The maximum atomic E-state index is 13.3. The fraction of sp³-hybridized carbons (Fsp3) is 0.320. The third kappa shape index (κ3) is 5.42. The summed E-state index contributed by atoms with van der Waals surface area (Å²) in [6.45, 7) is 5.67. The van der Waals surface area contributed by atoms with E-state index in [4.69, 9.17) is 21.3 Å². The van der Waals surface area contributed by atoms with Crippen LogP contribution in [0.1, 0.15) is 30.6 Å². The average molecular weight is 486 g/mol. The highest BCUT2D eigenvalue weighted by atomic mass is 35.5. The highest BCUT2D eigenvalue weighted by Gasteiger charge is 2.31. The second kappa shape index (κ2) is 10.9. The molecule has 1 aliphatic rings. The summed E-state index contributed by atoms with van der Waals surface area (Å²) in [5.41, 5.74) is 2.96. The molecule has 3 aromatic rings. The third-order valence-corrected chi connectivity index (χ3v) is 5.96. The summed E-state index contributed by atoms with van der Waals surface area (Å²) in [6.07, 6.45) is 0.468. The molecule has 174 valence electrons. The Morgan fingerprint density at radius 3 is 2.58 bits per heavy atom. The number of halogens is 1. The summed E-state index contributed by atoms with van der Waals surface area (Å²) < 4.78 is 5.23. The summed E-state index contributed by atoms with van der Waals surface area (Å²) in [5, 5.41) is 1.40. The van der Waals surface area contributed by atoms with Crippen LogP contribution < -0.4 is 0 Å². The Bertz CT molecular complexity index is 1140. The Morgan fingerprint density at radius 2 is 1.88 bits per heavy atom. The van der Waals surface area contributed by atoms with Crippen LogP contribution in [0, 0.1) is 0 Å². The number of ether oxygens (including phenoxy) is 1. The molecule has 0 unspecified atom stereocenters. The zero-order chi connectivity index (χ0) is 22.7. The first kappa shape index (κ1) is 24.9. The van der Waals surface area contributed by atoms with E-state index in [9.17, 15) is 9.59 Å². The van der Waals surface area contributed by atoms with E-state index in [1.807, 2.05) is 56.3 Å². The van der Waals surface area contributed by atoms with Gasteiger partial charge in [-0.2, -0.15) is 13.5 Å². The predicted molar refractivity (Wildman–Crippen MR) is 136 cm³/mol. The van der Waals surface area contributed by atoms with Gasteiger partial charge in [0.15, 0.2) is 0 Å². The molecular formula is C25H28ClN3O3S. The number of rotatable bonds is 4. The minimum absolute atomic E-state index is 0. The monoisotopic (exact) mass is 485 g/mol. The quantitative estimate of drug-likeness (QED) is 0.499. The molecular weight excluding hydrogens is 458 g/mol. The van der Waals surface area contributed by atoms with Gasteiger partial charge < -0.3 is 14.5 Å². The summed E-state index contributed by atoms with van der Waals surface area (Å²) in [7, 11) is 0. The molecule has 4 rings (SSSR count). The number of carbonyl (C=O) groups excluding carboxylic acids is 2. The summed E-state index contributed by atoms with van der Waals surface area (Å²) in [4.78, 5) is 33.6. The van der Waals surface area contributed by atoms with Crippen LogP contribution in [0.2, 0.25) is 5.02 Å². The molecule has 2 amide bonds. The van der Waals surface area contributed by atoms with E-state index in [1.165, 1.54) is 0 Å². The second-order valence-electron chi connectivity index (χ2n) is 8.00. The van der Waals surface area contributed by atoms with Crippen molar-refractivity contribution in [3.8, 4) is 11.3 Å². The zero-order valence-electron chi connectivity index (χ0n) is 18.8. The minimum atomic E-state index is -0.316. The summed E-state index contributed by atoms with van der Waals surface area (Å²) in [6, 6.07) is 17.0. The van der Waals surface area contributed by atoms with Crippen molar-refractivity contribution in [2.24, 2.45) is 0 Å². The van der Waals surface area contributed by atoms with Crippen molar-refractivity contribution in [1.82, 2.24) is 14.8 Å². The van der Waals surface area contributed by atoms with Crippen LogP contribution in [0.3, 0.4) is 0 Å². The van der Waals surface area contributed by atoms with Crippen molar-refractivity contribution < 1.29 is 14.3 Å². The largest absolute Gasteiger partial charge is 0.449 e. The molecule has 6 nitrogen and oxygen atoms in total. The van der Waals surface area contributed by atoms with Crippen molar-refractivity contribution in [3.63, 3.8) is 0 Å². The van der Waals surface area contributed by atoms with Crippen LogP contribution >= 0.6 is 25.1 Å². The van der Waals surface area contributed by atoms with Gasteiger partial charge in [0.25, 0.3) is 5.91 Å². The predicted octanol–water partition coefficient (Wildman–Crippen LogP) is 5.36. The van der Waals surface area contributed by atoms with E-state index >= 15 is 0 Å². The number of benzene rings is 2. The smallest absolute Gasteiger partial charge is 0.409 e. The highest BCUT2D eigenvalue weighted by molar-refractivity contribution is 7.59. The molecule has 0 saturated carbocycles. The van der Waals surface area contributed by atoms with Gasteiger partial charge in [0.1, 0.15) is 0 Å². The SMILES string of the molecule is CCCOC(=O)N1CCN(C(=O)c2ccc3c(Cl)cc(-c4ccccc4)nc3c2)[C@@H](C)C1.S. The molecule has 0 spiro atoms. The lowest BCUT2D eigenvalue weighted by Gasteiger charge is -2.39. The van der Waals surface area contributed by atoms with E-state index in [0.717, 1.165) is 23.1 Å². The lowest BCUT2D eigenvalue weighted by molar-refractivity contribution is 0.0414. The number of hydrogen-bond acceptors (Lipinski definition) is 4. The molecule has 2 heterocycles. The van der Waals surface area contributed by atoms with Gasteiger partial charge in [0, 0.05) is 42.2 Å². The molecule has 0 radical (unpaired) electrons. The van der Waals surface area contributed by atoms with E-state index in [-0.39, 0.29) is 31.5 Å². The van der Waals surface area contributed by atoms with Crippen LogP contribution in [0.4, 0.5) is 4.79 Å². The van der Waals surface area contributed by atoms with Crippen molar-refractivity contribution >= 4 is 48.0 Å². The standard InChI is InChI=1S/C25H26ClN3O3.H2S/c1-3-13-32-25(31)28-11-12-29(17(2)16-28)24(30)19-9-10-20-21(26)15-22(27-23(20)14-19)18-7-5-4-6-8-18;/h4-10,14-15,17H,3,11-13,16H2,1-2H3;1H2/t17-;/m0./s1. The van der Waals surface area contributed by atoms with E-state index < -0.39 is 0 Å². The Morgan fingerprint density at radius 1 is 1.12 bits per heavy atom. The number of hydrogen-bond donors (Lipinski definition) is 0. The molecule has 33 heavy (non-hydrogen) atoms. The van der Waals surface area contributed by atoms with Gasteiger partial charge in [-0.15, -0.1) is 0 Å². The number of fused-ring (bicyclic) bond motifs is 1. The molecule has 1 atom stereocenters. The van der Waals surface area contributed by atoms with Crippen LogP contribution in [0.25, 0.3) is 22.2 Å². The van der Waals surface area contributed by atoms with Crippen molar-refractivity contribution in [2.45, 2.75) is 26.3 Å². The van der Waals surface area contributed by atoms with Gasteiger partial charge in [0.2, 0.25) is 0 Å². The molecule has 1 aromatic heterocycles. The molecule has 1 saturated heterocycles. The van der Waals surface area contributed by atoms with E-state index in [1.54, 1.807) is 21.9 Å². The molecule has 8 heteroatoms. The van der Waals surface area contributed by atoms with Crippen molar-refractivity contribution in [3.05, 3.63) is 65.2 Å². The van der Waals surface area contributed by atoms with Crippen LogP contribution in [0.5, 0.6) is 0 Å². The first-order valence-corrected chi connectivity index (χ1v) is 11.2. The fourth-order valence-corrected chi connectivity index (χ4v) is 4.21. The molecule has 0 N–H and O–H groups in total. The lowest BCUT2D eigenvalue weighted by Crippen LogP contribution is -2.55. The number of piperazine rings is 1. The summed E-state index contributed by atoms with van der Waals surface area (Å²) >= 11 is 6.51. The number of pyridine rings is 1. The highest BCUT2D eigenvalue weighted by Crippen LogP contribution is 2.29. The second-order valence-corrected chi connectivity index (χ2v) is 8.40. The molecule has 2 aromatic carbocycles. The number of nitrogens with zero attached hydrogens (tertiary/aromatic N) is 3. The van der Waals surface area contributed by atoms with Crippen molar-refractivity contribution in [2.75, 3.05) is 26.2 Å². The van der Waals surface area contributed by atoms with Crippen molar-refractivity contribution in [1.29, 1.82) is 0 Å². The first-order chi connectivity index (χ1) is 15.5. The van der Waals surface area contributed by atoms with Gasteiger partial charge in [-0.05, 0) is 31.5 Å². The van der Waals surface area contributed by atoms with Crippen LogP contribution in [0.15, 0.2) is 54.6 Å². The Labute approximate surface area is 205 Å². The van der Waals surface area contributed by atoms with Gasteiger partial charge in [-0.1, -0.05) is 54.9 Å². The first-order valence-electron chi connectivity index (χ1n) is 10.9. The van der Waals surface area contributed by atoms with Gasteiger partial charge in [-0.3, -0.25) is 4.79 Å². The molecule has 1 aliphatic heterocycles. The van der Waals surface area contributed by atoms with Gasteiger partial charge >= 0.3 is 6.09 Å². The number of carbonyl (C=O) groups is 2. The van der Waals surface area contributed by atoms with Gasteiger partial charge in [-0.25, -0.2) is 9.78 Å². The molecule has 0 aliphatic carbocycles.